The van der Waals surface area contributed by atoms with Crippen LogP contribution in [-0.4, -0.2) is 6.21 Å². The van der Waals surface area contributed by atoms with Crippen LogP contribution in [0.15, 0.2) is 45.7 Å². The van der Waals surface area contributed by atoms with Crippen molar-refractivity contribution in [3.63, 3.8) is 0 Å². The van der Waals surface area contributed by atoms with Crippen LogP contribution in [0.25, 0.3) is 6.08 Å². The summed E-state index contributed by atoms with van der Waals surface area (Å²) in [5.41, 5.74) is 2.67. The Morgan fingerprint density at radius 3 is 3.14 bits per heavy atom. The summed E-state index contributed by atoms with van der Waals surface area (Å²) in [6, 6.07) is 8.50. The van der Waals surface area contributed by atoms with Crippen molar-refractivity contribution >= 4 is 24.2 Å². The second kappa shape index (κ2) is 3.14. The van der Waals surface area contributed by atoms with Gasteiger partial charge in [0.1, 0.15) is 0 Å². The van der Waals surface area contributed by atoms with Gasteiger partial charge in [-0.05, 0) is 17.2 Å². The summed E-state index contributed by atoms with van der Waals surface area (Å²) in [6.45, 7) is 0. The number of hydrogen-bond donors (Lipinski definition) is 0. The highest BCUT2D eigenvalue weighted by Gasteiger charge is 2.22. The molecule has 1 heterocycles. The lowest BCUT2D eigenvalue weighted by Gasteiger charge is -2.09. The van der Waals surface area contributed by atoms with Crippen LogP contribution < -0.4 is 0 Å². The van der Waals surface area contributed by atoms with E-state index in [1.54, 1.807) is 11.9 Å². The molecule has 0 fully saturated rings. The second-order valence-corrected chi connectivity index (χ2v) is 4.25. The van der Waals surface area contributed by atoms with E-state index in [1.807, 2.05) is 6.21 Å². The third-order valence-electron chi connectivity index (χ3n) is 2.54. The van der Waals surface area contributed by atoms with Crippen molar-refractivity contribution in [2.24, 2.45) is 4.40 Å². The smallest absolute Gasteiger partial charge is 0.0534 e. The Balaban J connectivity index is 2.21. The summed E-state index contributed by atoms with van der Waals surface area (Å²) >= 11 is 1.58. The van der Waals surface area contributed by atoms with Gasteiger partial charge in [0.25, 0.3) is 0 Å². The Morgan fingerprint density at radius 1 is 1.21 bits per heavy atom. The molecule has 1 aliphatic heterocycles. The number of nitrogens with zero attached hydrogens (tertiary/aromatic N) is 1. The molecule has 3 rings (SSSR count). The molecule has 0 saturated carbocycles. The van der Waals surface area contributed by atoms with E-state index in [0.29, 0.717) is 5.92 Å². The quantitative estimate of drug-likeness (QED) is 0.583. The van der Waals surface area contributed by atoms with Gasteiger partial charge in [0.15, 0.2) is 0 Å². The highest BCUT2D eigenvalue weighted by Crippen LogP contribution is 2.40. The minimum atomic E-state index is 0.381. The number of benzene rings is 1. The van der Waals surface area contributed by atoms with Gasteiger partial charge in [-0.15, -0.1) is 0 Å². The van der Waals surface area contributed by atoms with Gasteiger partial charge in [-0.2, -0.15) is 0 Å². The van der Waals surface area contributed by atoms with Crippen molar-refractivity contribution in [2.75, 3.05) is 0 Å². The van der Waals surface area contributed by atoms with Crippen LogP contribution in [0.1, 0.15) is 17.0 Å². The zero-order valence-corrected chi connectivity index (χ0v) is 8.37. The predicted octanol–water partition coefficient (Wildman–Crippen LogP) is 3.41. The Labute approximate surface area is 87.4 Å². The third kappa shape index (κ3) is 1.15. The summed E-state index contributed by atoms with van der Waals surface area (Å²) < 4.78 is 4.26. The maximum atomic E-state index is 4.26. The van der Waals surface area contributed by atoms with Crippen molar-refractivity contribution in [3.05, 3.63) is 52.4 Å². The molecule has 14 heavy (non-hydrogen) atoms. The number of fused-ring (bicyclic) bond motifs is 3. The molecule has 2 aliphatic rings. The van der Waals surface area contributed by atoms with Crippen LogP contribution in [0, 0.1) is 0 Å². The van der Waals surface area contributed by atoms with E-state index in [1.165, 1.54) is 16.0 Å². The van der Waals surface area contributed by atoms with Gasteiger partial charge in [0.05, 0.1) is 5.92 Å². The van der Waals surface area contributed by atoms with Crippen molar-refractivity contribution in [3.8, 4) is 0 Å². The van der Waals surface area contributed by atoms with Crippen molar-refractivity contribution < 1.29 is 0 Å². The molecule has 0 amide bonds. The average Bonchev–Trinajstić information content (AvgIpc) is 2.61. The molecule has 0 spiro atoms. The number of rotatable bonds is 0. The molecule has 1 atom stereocenters. The maximum absolute atomic E-state index is 4.26. The molecule has 1 aromatic rings. The zero-order chi connectivity index (χ0) is 9.38. The van der Waals surface area contributed by atoms with Crippen LogP contribution in [0.2, 0.25) is 0 Å². The monoisotopic (exact) mass is 199 g/mol. The molecule has 0 bridgehead atoms. The van der Waals surface area contributed by atoms with Crippen LogP contribution in [0.3, 0.4) is 0 Å². The first kappa shape index (κ1) is 8.06. The Kier molecular flexibility index (Phi) is 1.81. The lowest BCUT2D eigenvalue weighted by atomic mass is 9.96. The van der Waals surface area contributed by atoms with Crippen LogP contribution >= 0.6 is 11.9 Å². The van der Waals surface area contributed by atoms with Gasteiger partial charge in [-0.1, -0.05) is 36.4 Å². The molecular formula is C12H9NS. The molecule has 0 aromatic heterocycles. The maximum Gasteiger partial charge on any atom is 0.0534 e. The summed E-state index contributed by atoms with van der Waals surface area (Å²) in [4.78, 5) is 1.33. The van der Waals surface area contributed by atoms with Crippen molar-refractivity contribution in [1.29, 1.82) is 0 Å². The first-order valence-corrected chi connectivity index (χ1v) is 5.40. The Bertz CT molecular complexity index is 457. The lowest BCUT2D eigenvalue weighted by Crippen LogP contribution is -1.98. The topological polar surface area (TPSA) is 12.4 Å². The number of allylic oxidation sites excluding steroid dienone is 3. The van der Waals surface area contributed by atoms with E-state index in [-0.39, 0.29) is 0 Å². The van der Waals surface area contributed by atoms with Gasteiger partial charge in [-0.3, -0.25) is 0 Å². The molecule has 1 unspecified atom stereocenters. The van der Waals surface area contributed by atoms with Crippen molar-refractivity contribution in [2.45, 2.75) is 5.92 Å². The molecule has 1 nitrogen and oxygen atoms in total. The Hall–Kier alpha value is -1.28. The first-order chi connectivity index (χ1) is 6.95. The fourth-order valence-corrected chi connectivity index (χ4v) is 2.59. The first-order valence-electron chi connectivity index (χ1n) is 4.63. The number of hydrogen-bond acceptors (Lipinski definition) is 2. The largest absolute Gasteiger partial charge is 0.223 e. The van der Waals surface area contributed by atoms with Crippen LogP contribution in [0.5, 0.6) is 0 Å². The lowest BCUT2D eigenvalue weighted by molar-refractivity contribution is 1.16. The van der Waals surface area contributed by atoms with Gasteiger partial charge >= 0.3 is 0 Å². The zero-order valence-electron chi connectivity index (χ0n) is 7.55. The summed E-state index contributed by atoms with van der Waals surface area (Å²) in [7, 11) is 0. The molecular weight excluding hydrogens is 190 g/mol. The van der Waals surface area contributed by atoms with Gasteiger partial charge in [-0.25, -0.2) is 4.40 Å². The summed E-state index contributed by atoms with van der Waals surface area (Å²) in [5, 5.41) is 0. The standard InChI is InChI=1S/C12H9NS/c1-2-6-10-9(4-1)5-3-7-12-11(10)8-13-14-12/h1-8,11H. The molecule has 0 saturated heterocycles. The SMILES string of the molecule is C1=Cc2ccccc2C2C=NSC2=C1. The average molecular weight is 199 g/mol. The fourth-order valence-electron chi connectivity index (χ4n) is 1.84. The summed E-state index contributed by atoms with van der Waals surface area (Å²) in [6.07, 6.45) is 8.45. The molecule has 0 N–H and O–H groups in total. The molecule has 0 radical (unpaired) electrons. The van der Waals surface area contributed by atoms with E-state index < -0.39 is 0 Å². The summed E-state index contributed by atoms with van der Waals surface area (Å²) in [5.74, 6) is 0.381. The van der Waals surface area contributed by atoms with Gasteiger partial charge in [0.2, 0.25) is 0 Å². The Morgan fingerprint density at radius 2 is 2.14 bits per heavy atom. The minimum absolute atomic E-state index is 0.381. The third-order valence-corrected chi connectivity index (χ3v) is 3.37. The molecule has 68 valence electrons. The fraction of sp³-hybridized carbons (Fsp3) is 0.0833. The highest BCUT2D eigenvalue weighted by atomic mass is 32.2. The minimum Gasteiger partial charge on any atom is -0.223 e. The molecule has 1 aliphatic carbocycles. The van der Waals surface area contributed by atoms with Gasteiger partial charge in [0, 0.05) is 23.1 Å². The molecule has 2 heteroatoms. The normalized spacial score (nSPS) is 22.6. The van der Waals surface area contributed by atoms with Crippen LogP contribution in [-0.2, 0) is 0 Å². The van der Waals surface area contributed by atoms with Gasteiger partial charge < -0.3 is 0 Å². The second-order valence-electron chi connectivity index (χ2n) is 3.38. The molecule has 1 aromatic carbocycles. The highest BCUT2D eigenvalue weighted by molar-refractivity contribution is 8.02. The predicted molar refractivity (Wildman–Crippen MR) is 62.4 cm³/mol. The van der Waals surface area contributed by atoms with E-state index in [0.717, 1.165) is 0 Å². The van der Waals surface area contributed by atoms with Crippen molar-refractivity contribution in [1.82, 2.24) is 0 Å². The van der Waals surface area contributed by atoms with E-state index in [4.69, 9.17) is 0 Å². The van der Waals surface area contributed by atoms with E-state index >= 15 is 0 Å². The van der Waals surface area contributed by atoms with Crippen LogP contribution in [0.4, 0.5) is 0 Å². The van der Waals surface area contributed by atoms with E-state index in [9.17, 15) is 0 Å². The van der Waals surface area contributed by atoms with E-state index in [2.05, 4.69) is 46.9 Å².